The van der Waals surface area contributed by atoms with Gasteiger partial charge in [-0.15, -0.1) is 0 Å². The van der Waals surface area contributed by atoms with Crippen LogP contribution in [0, 0.1) is 0 Å². The Labute approximate surface area is 333 Å². The molecule has 0 saturated carbocycles. The van der Waals surface area contributed by atoms with E-state index in [1.54, 1.807) is 146 Å². The summed E-state index contributed by atoms with van der Waals surface area (Å²) in [7, 11) is 2.63. The van der Waals surface area contributed by atoms with Gasteiger partial charge in [0.1, 0.15) is 11.5 Å². The summed E-state index contributed by atoms with van der Waals surface area (Å²) in [5.41, 5.74) is 5.50. The molecule has 0 atom stereocenters. The van der Waals surface area contributed by atoms with E-state index in [4.69, 9.17) is 9.47 Å². The van der Waals surface area contributed by atoms with E-state index in [0.717, 1.165) is 22.3 Å². The summed E-state index contributed by atoms with van der Waals surface area (Å²) in [6, 6.07) is 39.7. The molecule has 0 radical (unpaired) electrons. The smallest absolute Gasteiger partial charge is 0.343 e. The molecule has 6 rings (SSSR count). The predicted octanol–water partition coefficient (Wildman–Crippen LogP) is 7.73. The molecule has 290 valence electrons. The van der Waals surface area contributed by atoms with Gasteiger partial charge in [-0.25, -0.2) is 9.59 Å². The quantitative estimate of drug-likeness (QED) is 0.0877. The molecule has 6 aromatic carbocycles. The maximum absolute atomic E-state index is 12.8. The second-order valence-corrected chi connectivity index (χ2v) is 12.8. The maximum atomic E-state index is 12.8. The second-order valence-electron chi connectivity index (χ2n) is 12.8. The van der Waals surface area contributed by atoms with Crippen LogP contribution in [0.2, 0.25) is 0 Å². The SMILES string of the molecule is COC(=O)Cc1ccc(C(=O)Nc2ccc(C(=O)Oc3ccc(-c4ccc(OC(=O)c5ccc(NC(=O)c6ccc(CC(=O)OC)cc6)cc5)cc4)cc3)cc2)cc1. The van der Waals surface area contributed by atoms with Crippen LogP contribution in [0.1, 0.15) is 52.6 Å². The number of amides is 2. The molecular formula is C46H36N2O10. The molecule has 2 N–H and O–H groups in total. The second kappa shape index (κ2) is 18.7. The zero-order valence-electron chi connectivity index (χ0n) is 31.4. The Bertz CT molecular complexity index is 2250. The van der Waals surface area contributed by atoms with Gasteiger partial charge in [0.15, 0.2) is 0 Å². The first-order valence-electron chi connectivity index (χ1n) is 17.9. The first-order valence-corrected chi connectivity index (χ1v) is 17.9. The molecule has 0 aliphatic heterocycles. The van der Waals surface area contributed by atoms with Crippen molar-refractivity contribution < 1.29 is 47.7 Å². The third-order valence-electron chi connectivity index (χ3n) is 8.80. The number of carbonyl (C=O) groups excluding carboxylic acids is 6. The van der Waals surface area contributed by atoms with E-state index in [-0.39, 0.29) is 36.6 Å². The summed E-state index contributed by atoms with van der Waals surface area (Å²) < 4.78 is 20.4. The fourth-order valence-corrected chi connectivity index (χ4v) is 5.57. The Balaban J connectivity index is 0.963. The van der Waals surface area contributed by atoms with Crippen LogP contribution in [0.4, 0.5) is 11.4 Å². The number of hydrogen-bond acceptors (Lipinski definition) is 10. The van der Waals surface area contributed by atoms with Crippen molar-refractivity contribution >= 4 is 47.1 Å². The van der Waals surface area contributed by atoms with E-state index in [1.807, 2.05) is 0 Å². The van der Waals surface area contributed by atoms with Crippen LogP contribution >= 0.6 is 0 Å². The van der Waals surface area contributed by atoms with Gasteiger partial charge in [-0.05, 0) is 119 Å². The number of esters is 4. The molecule has 6 aromatic rings. The first kappa shape index (κ1) is 39.8. The minimum atomic E-state index is -0.572. The molecule has 0 heterocycles. The molecule has 0 spiro atoms. The topological polar surface area (TPSA) is 163 Å². The van der Waals surface area contributed by atoms with Gasteiger partial charge in [0.05, 0.1) is 38.2 Å². The summed E-state index contributed by atoms with van der Waals surface area (Å²) in [6.07, 6.45) is 0.226. The number of ether oxygens (including phenoxy) is 4. The van der Waals surface area contributed by atoms with E-state index < -0.39 is 11.9 Å². The fourth-order valence-electron chi connectivity index (χ4n) is 5.57. The zero-order chi connectivity index (χ0) is 41.0. The molecule has 0 unspecified atom stereocenters. The van der Waals surface area contributed by atoms with Crippen molar-refractivity contribution in [1.29, 1.82) is 0 Å². The minimum absolute atomic E-state index is 0.113. The van der Waals surface area contributed by atoms with Crippen molar-refractivity contribution in [2.24, 2.45) is 0 Å². The fraction of sp³-hybridized carbons (Fsp3) is 0.0870. The molecule has 12 nitrogen and oxygen atoms in total. The molecule has 0 fully saturated rings. The monoisotopic (exact) mass is 776 g/mol. The lowest BCUT2D eigenvalue weighted by molar-refractivity contribution is -0.140. The van der Waals surface area contributed by atoms with Crippen LogP contribution in [-0.2, 0) is 31.9 Å². The molecule has 0 aliphatic rings. The van der Waals surface area contributed by atoms with Gasteiger partial charge in [-0.1, -0.05) is 48.5 Å². The highest BCUT2D eigenvalue weighted by molar-refractivity contribution is 6.05. The van der Waals surface area contributed by atoms with Crippen LogP contribution < -0.4 is 20.1 Å². The largest absolute Gasteiger partial charge is 0.469 e. The third kappa shape index (κ3) is 10.7. The Morgan fingerprint density at radius 2 is 0.707 bits per heavy atom. The molecule has 58 heavy (non-hydrogen) atoms. The molecule has 0 aliphatic carbocycles. The predicted molar refractivity (Wildman–Crippen MR) is 215 cm³/mol. The van der Waals surface area contributed by atoms with Crippen LogP contribution in [0.15, 0.2) is 146 Å². The number of methoxy groups -OCH3 is 2. The van der Waals surface area contributed by atoms with Gasteiger partial charge in [0.25, 0.3) is 11.8 Å². The highest BCUT2D eigenvalue weighted by atomic mass is 16.5. The standard InChI is InChI=1S/C46H36N2O10/c1-55-41(49)27-29-3-7-33(8-4-29)43(51)47-37-19-11-35(12-20-37)45(53)57-39-23-15-31(16-24-39)32-17-25-40(26-18-32)58-46(54)36-13-21-38(22-14-36)48-44(52)34-9-5-30(6-10-34)28-42(50)56-2/h3-26H,27-28H2,1-2H3,(H,47,51)(H,48,52). The van der Waals surface area contributed by atoms with Crippen LogP contribution in [0.5, 0.6) is 11.5 Å². The van der Waals surface area contributed by atoms with E-state index in [1.165, 1.54) is 14.2 Å². The van der Waals surface area contributed by atoms with Crippen molar-refractivity contribution in [3.63, 3.8) is 0 Å². The number of carbonyl (C=O) groups is 6. The molecule has 2 amide bonds. The van der Waals surface area contributed by atoms with E-state index in [2.05, 4.69) is 20.1 Å². The van der Waals surface area contributed by atoms with Gasteiger partial charge in [0, 0.05) is 22.5 Å². The van der Waals surface area contributed by atoms with Crippen LogP contribution in [-0.4, -0.2) is 49.9 Å². The van der Waals surface area contributed by atoms with E-state index >= 15 is 0 Å². The van der Waals surface area contributed by atoms with Crippen molar-refractivity contribution in [3.8, 4) is 22.6 Å². The number of benzene rings is 6. The van der Waals surface area contributed by atoms with E-state index in [0.29, 0.717) is 45.1 Å². The van der Waals surface area contributed by atoms with Gasteiger partial charge in [0.2, 0.25) is 0 Å². The van der Waals surface area contributed by atoms with Gasteiger partial charge in [-0.3, -0.25) is 19.2 Å². The van der Waals surface area contributed by atoms with Crippen LogP contribution in [0.25, 0.3) is 11.1 Å². The number of anilines is 2. The van der Waals surface area contributed by atoms with Gasteiger partial charge >= 0.3 is 23.9 Å². The summed E-state index contributed by atoms with van der Waals surface area (Å²) in [6.45, 7) is 0. The van der Waals surface area contributed by atoms with E-state index in [9.17, 15) is 28.8 Å². The molecule has 0 aromatic heterocycles. The van der Waals surface area contributed by atoms with Gasteiger partial charge < -0.3 is 29.6 Å². The number of nitrogens with one attached hydrogen (secondary N) is 2. The summed E-state index contributed by atoms with van der Waals surface area (Å²) in [5, 5.41) is 5.55. The van der Waals surface area contributed by atoms with Crippen molar-refractivity contribution in [2.75, 3.05) is 24.9 Å². The Kier molecular flexibility index (Phi) is 12.8. The molecular weight excluding hydrogens is 741 g/mol. The average molecular weight is 777 g/mol. The third-order valence-corrected chi connectivity index (χ3v) is 8.80. The summed E-state index contributed by atoms with van der Waals surface area (Å²) in [5.74, 6) is -1.90. The lowest BCUT2D eigenvalue weighted by atomic mass is 10.1. The Morgan fingerprint density at radius 3 is 1.02 bits per heavy atom. The zero-order valence-corrected chi connectivity index (χ0v) is 31.4. The summed E-state index contributed by atoms with van der Waals surface area (Å²) >= 11 is 0. The summed E-state index contributed by atoms with van der Waals surface area (Å²) in [4.78, 5) is 73.9. The molecule has 0 saturated heterocycles. The van der Waals surface area contributed by atoms with Crippen molar-refractivity contribution in [1.82, 2.24) is 0 Å². The Hall–Kier alpha value is -7.86. The Morgan fingerprint density at radius 1 is 0.397 bits per heavy atom. The minimum Gasteiger partial charge on any atom is -0.469 e. The van der Waals surface area contributed by atoms with Crippen molar-refractivity contribution in [2.45, 2.75) is 12.8 Å². The first-order chi connectivity index (χ1) is 28.1. The maximum Gasteiger partial charge on any atom is 0.343 e. The lowest BCUT2D eigenvalue weighted by Gasteiger charge is -2.09. The van der Waals surface area contributed by atoms with Crippen molar-refractivity contribution in [3.05, 3.63) is 179 Å². The van der Waals surface area contributed by atoms with Gasteiger partial charge in [-0.2, -0.15) is 0 Å². The van der Waals surface area contributed by atoms with Crippen LogP contribution in [0.3, 0.4) is 0 Å². The molecule has 0 bridgehead atoms. The number of hydrogen-bond donors (Lipinski definition) is 2. The highest BCUT2D eigenvalue weighted by Crippen LogP contribution is 2.26. The number of rotatable bonds is 13. The normalized spacial score (nSPS) is 10.4. The molecule has 12 heteroatoms. The lowest BCUT2D eigenvalue weighted by Crippen LogP contribution is -2.13. The highest BCUT2D eigenvalue weighted by Gasteiger charge is 2.14. The average Bonchev–Trinajstić information content (AvgIpc) is 3.25.